The minimum absolute atomic E-state index is 0.0379. The number of hydrogen-bond donors (Lipinski definition) is 1. The first-order chi connectivity index (χ1) is 9.16. The normalized spacial score (nSPS) is 16.1. The number of ether oxygens (including phenoxy) is 1. The van der Waals surface area contributed by atoms with E-state index in [9.17, 15) is 4.79 Å². The Morgan fingerprint density at radius 1 is 1.26 bits per heavy atom. The van der Waals surface area contributed by atoms with Gasteiger partial charge in [0, 0.05) is 45.1 Å². The highest BCUT2D eigenvalue weighted by Crippen LogP contribution is 2.17. The third-order valence-electron chi connectivity index (χ3n) is 3.47. The van der Waals surface area contributed by atoms with E-state index in [0.29, 0.717) is 5.92 Å². The van der Waals surface area contributed by atoms with E-state index in [1.807, 2.05) is 24.3 Å². The summed E-state index contributed by atoms with van der Waals surface area (Å²) in [6.45, 7) is 2.73. The third kappa shape index (κ3) is 3.96. The van der Waals surface area contributed by atoms with Crippen LogP contribution in [0, 0.1) is 5.92 Å². The molecular weight excluding hydrogens is 240 g/mol. The first kappa shape index (κ1) is 13.9. The molecule has 1 aliphatic rings. The smallest absolute Gasteiger partial charge is 0.253 e. The molecule has 1 amide bonds. The summed E-state index contributed by atoms with van der Waals surface area (Å²) in [7, 11) is 3.53. The minimum atomic E-state index is 0.0379. The van der Waals surface area contributed by atoms with Crippen LogP contribution in [0.1, 0.15) is 23.2 Å². The van der Waals surface area contributed by atoms with Crippen molar-refractivity contribution in [3.8, 4) is 0 Å². The van der Waals surface area contributed by atoms with Crippen molar-refractivity contribution < 1.29 is 9.53 Å². The molecule has 0 spiro atoms. The van der Waals surface area contributed by atoms with Crippen LogP contribution in [0.25, 0.3) is 0 Å². The van der Waals surface area contributed by atoms with Crippen LogP contribution in [0.5, 0.6) is 0 Å². The second-order valence-electron chi connectivity index (χ2n) is 5.21. The van der Waals surface area contributed by atoms with Crippen molar-refractivity contribution in [2.75, 3.05) is 39.2 Å². The van der Waals surface area contributed by atoms with Crippen molar-refractivity contribution in [3.63, 3.8) is 0 Å². The van der Waals surface area contributed by atoms with Gasteiger partial charge in [0.15, 0.2) is 0 Å². The minimum Gasteiger partial charge on any atom is -0.385 e. The Bertz CT molecular complexity index is 409. The number of hydrogen-bond acceptors (Lipinski definition) is 3. The van der Waals surface area contributed by atoms with Gasteiger partial charge in [-0.15, -0.1) is 0 Å². The molecule has 0 bridgehead atoms. The lowest BCUT2D eigenvalue weighted by Gasteiger charge is -2.22. The fraction of sp³-hybridized carbons (Fsp3) is 0.533. The lowest BCUT2D eigenvalue weighted by atomic mass is 10.0. The van der Waals surface area contributed by atoms with Gasteiger partial charge in [0.05, 0.1) is 0 Å². The van der Waals surface area contributed by atoms with Crippen molar-refractivity contribution in [1.82, 2.24) is 4.90 Å². The summed E-state index contributed by atoms with van der Waals surface area (Å²) in [6.07, 6.45) is 2.26. The van der Waals surface area contributed by atoms with E-state index in [-0.39, 0.29) is 5.91 Å². The average Bonchev–Trinajstić information content (AvgIpc) is 2.46. The summed E-state index contributed by atoms with van der Waals surface area (Å²) in [6, 6.07) is 7.68. The highest BCUT2D eigenvalue weighted by atomic mass is 16.5. The van der Waals surface area contributed by atoms with E-state index in [2.05, 4.69) is 5.32 Å². The highest BCUT2D eigenvalue weighted by Gasteiger charge is 2.13. The van der Waals surface area contributed by atoms with E-state index >= 15 is 0 Å². The molecule has 1 fully saturated rings. The molecule has 1 heterocycles. The van der Waals surface area contributed by atoms with Crippen LogP contribution in [0.4, 0.5) is 5.69 Å². The van der Waals surface area contributed by atoms with Crippen molar-refractivity contribution in [2.24, 2.45) is 5.92 Å². The number of carbonyl (C=O) groups is 1. The maximum atomic E-state index is 11.8. The van der Waals surface area contributed by atoms with Crippen molar-refractivity contribution >= 4 is 11.6 Å². The van der Waals surface area contributed by atoms with E-state index in [1.165, 1.54) is 0 Å². The maximum Gasteiger partial charge on any atom is 0.253 e. The van der Waals surface area contributed by atoms with Gasteiger partial charge < -0.3 is 15.0 Å². The van der Waals surface area contributed by atoms with Gasteiger partial charge >= 0.3 is 0 Å². The Labute approximate surface area is 114 Å². The molecule has 1 aromatic carbocycles. The van der Waals surface area contributed by atoms with Crippen molar-refractivity contribution in [1.29, 1.82) is 0 Å². The molecule has 104 valence electrons. The van der Waals surface area contributed by atoms with Gasteiger partial charge in [-0.1, -0.05) is 0 Å². The zero-order chi connectivity index (χ0) is 13.7. The van der Waals surface area contributed by atoms with Gasteiger partial charge in [-0.2, -0.15) is 0 Å². The second kappa shape index (κ2) is 6.57. The number of nitrogens with zero attached hydrogens (tertiary/aromatic N) is 1. The van der Waals surface area contributed by atoms with Crippen LogP contribution < -0.4 is 5.32 Å². The number of rotatable bonds is 4. The summed E-state index contributed by atoms with van der Waals surface area (Å²) >= 11 is 0. The molecule has 4 heteroatoms. The van der Waals surface area contributed by atoms with Crippen LogP contribution in [0.3, 0.4) is 0 Å². The molecule has 0 saturated carbocycles. The monoisotopic (exact) mass is 262 g/mol. The summed E-state index contributed by atoms with van der Waals surface area (Å²) in [4.78, 5) is 13.3. The van der Waals surface area contributed by atoms with Gasteiger partial charge in [-0.05, 0) is 43.0 Å². The van der Waals surface area contributed by atoms with Gasteiger partial charge in [0.25, 0.3) is 5.91 Å². The second-order valence-corrected chi connectivity index (χ2v) is 5.21. The summed E-state index contributed by atoms with van der Waals surface area (Å²) in [5.74, 6) is 0.729. The number of anilines is 1. The lowest BCUT2D eigenvalue weighted by molar-refractivity contribution is 0.0699. The standard InChI is InChI=1S/C15H22N2O2/c1-17(2)15(18)13-3-5-14(6-4-13)16-11-12-7-9-19-10-8-12/h3-6,12,16H,7-11H2,1-2H3. The lowest BCUT2D eigenvalue weighted by Crippen LogP contribution is -2.23. The molecule has 1 aromatic rings. The molecular formula is C15H22N2O2. The first-order valence-electron chi connectivity index (χ1n) is 6.80. The van der Waals surface area contributed by atoms with Crippen LogP contribution in [-0.4, -0.2) is 44.7 Å². The molecule has 0 aromatic heterocycles. The zero-order valence-electron chi connectivity index (χ0n) is 11.7. The van der Waals surface area contributed by atoms with Crippen molar-refractivity contribution in [3.05, 3.63) is 29.8 Å². The topological polar surface area (TPSA) is 41.6 Å². The van der Waals surface area contributed by atoms with Crippen LogP contribution in [0.15, 0.2) is 24.3 Å². The van der Waals surface area contributed by atoms with E-state index < -0.39 is 0 Å². The Morgan fingerprint density at radius 2 is 1.89 bits per heavy atom. The van der Waals surface area contributed by atoms with Crippen LogP contribution in [-0.2, 0) is 4.74 Å². The molecule has 1 N–H and O–H groups in total. The van der Waals surface area contributed by atoms with E-state index in [1.54, 1.807) is 19.0 Å². The molecule has 0 aliphatic carbocycles. The number of carbonyl (C=O) groups excluding carboxylic acids is 1. The SMILES string of the molecule is CN(C)C(=O)c1ccc(NCC2CCOCC2)cc1. The largest absolute Gasteiger partial charge is 0.385 e. The van der Waals surface area contributed by atoms with Crippen LogP contribution >= 0.6 is 0 Å². The highest BCUT2D eigenvalue weighted by molar-refractivity contribution is 5.94. The molecule has 0 unspecified atom stereocenters. The van der Waals surface area contributed by atoms with Gasteiger partial charge in [0.1, 0.15) is 0 Å². The zero-order valence-corrected chi connectivity index (χ0v) is 11.7. The fourth-order valence-corrected chi connectivity index (χ4v) is 2.20. The van der Waals surface area contributed by atoms with Crippen LogP contribution in [0.2, 0.25) is 0 Å². The van der Waals surface area contributed by atoms with E-state index in [4.69, 9.17) is 4.74 Å². The Kier molecular flexibility index (Phi) is 4.80. The Hall–Kier alpha value is -1.55. The number of nitrogens with one attached hydrogen (secondary N) is 1. The predicted molar refractivity (Wildman–Crippen MR) is 76.5 cm³/mol. The number of benzene rings is 1. The summed E-state index contributed by atoms with van der Waals surface area (Å²) < 4.78 is 5.35. The molecule has 1 aliphatic heterocycles. The van der Waals surface area contributed by atoms with Gasteiger partial charge in [0.2, 0.25) is 0 Å². The molecule has 0 radical (unpaired) electrons. The molecule has 19 heavy (non-hydrogen) atoms. The molecule has 2 rings (SSSR count). The summed E-state index contributed by atoms with van der Waals surface area (Å²) in [5, 5.41) is 3.43. The molecule has 1 saturated heterocycles. The third-order valence-corrected chi connectivity index (χ3v) is 3.47. The van der Waals surface area contributed by atoms with E-state index in [0.717, 1.165) is 43.9 Å². The Balaban J connectivity index is 1.86. The number of amides is 1. The Morgan fingerprint density at radius 3 is 2.47 bits per heavy atom. The summed E-state index contributed by atoms with van der Waals surface area (Å²) in [5.41, 5.74) is 1.79. The predicted octanol–water partition coefficient (Wildman–Crippen LogP) is 2.23. The van der Waals surface area contributed by atoms with Crippen molar-refractivity contribution in [2.45, 2.75) is 12.8 Å². The average molecular weight is 262 g/mol. The first-order valence-corrected chi connectivity index (χ1v) is 6.80. The van der Waals surface area contributed by atoms with Gasteiger partial charge in [-0.25, -0.2) is 0 Å². The molecule has 0 atom stereocenters. The molecule has 4 nitrogen and oxygen atoms in total. The maximum absolute atomic E-state index is 11.8. The van der Waals surface area contributed by atoms with Gasteiger partial charge in [-0.3, -0.25) is 4.79 Å². The fourth-order valence-electron chi connectivity index (χ4n) is 2.20. The quantitative estimate of drug-likeness (QED) is 0.904.